The smallest absolute Gasteiger partial charge is 0.239 e. The number of epoxide rings is 1. The Bertz CT molecular complexity index is 262. The van der Waals surface area contributed by atoms with Gasteiger partial charge >= 0.3 is 0 Å². The quantitative estimate of drug-likeness (QED) is 0.675. The van der Waals surface area contributed by atoms with Crippen LogP contribution in [0.25, 0.3) is 0 Å². The number of amides is 1. The monoisotopic (exact) mass is 240 g/mol. The van der Waals surface area contributed by atoms with Gasteiger partial charge in [-0.25, -0.2) is 0 Å². The number of hydrogen-bond acceptors (Lipinski definition) is 3. The first-order chi connectivity index (χ1) is 8.26. The summed E-state index contributed by atoms with van der Waals surface area (Å²) in [6, 6.07) is 0.104. The van der Waals surface area contributed by atoms with Crippen LogP contribution in [0, 0.1) is 0 Å². The first kappa shape index (κ1) is 12.8. The van der Waals surface area contributed by atoms with E-state index in [1.165, 1.54) is 12.8 Å². The lowest BCUT2D eigenvalue weighted by atomic mass is 10.0. The van der Waals surface area contributed by atoms with E-state index >= 15 is 0 Å². The van der Waals surface area contributed by atoms with Crippen LogP contribution in [0.1, 0.15) is 33.1 Å². The average Bonchev–Trinajstić information content (AvgIpc) is 3.15. The minimum absolute atomic E-state index is 0.104. The summed E-state index contributed by atoms with van der Waals surface area (Å²) < 4.78 is 5.29. The van der Waals surface area contributed by atoms with Crippen molar-refractivity contribution in [2.24, 2.45) is 0 Å². The van der Waals surface area contributed by atoms with Crippen molar-refractivity contribution in [2.75, 3.05) is 32.8 Å². The van der Waals surface area contributed by atoms with Crippen LogP contribution in [0.3, 0.4) is 0 Å². The highest BCUT2D eigenvalue weighted by molar-refractivity contribution is 5.82. The fraction of sp³-hybridized carbons (Fsp3) is 0.923. The minimum atomic E-state index is 0.104. The number of piperidine rings is 1. The van der Waals surface area contributed by atoms with Crippen LogP contribution in [0.4, 0.5) is 0 Å². The molecule has 0 N–H and O–H groups in total. The van der Waals surface area contributed by atoms with Gasteiger partial charge in [0.05, 0.1) is 18.8 Å². The van der Waals surface area contributed by atoms with Crippen molar-refractivity contribution < 1.29 is 9.53 Å². The summed E-state index contributed by atoms with van der Waals surface area (Å²) in [5.41, 5.74) is 0. The summed E-state index contributed by atoms with van der Waals surface area (Å²) in [5.74, 6) is 0.315. The number of likely N-dealkylation sites (tertiary alicyclic amines) is 1. The van der Waals surface area contributed by atoms with Crippen molar-refractivity contribution in [3.05, 3.63) is 0 Å². The van der Waals surface area contributed by atoms with E-state index < -0.39 is 0 Å². The van der Waals surface area contributed by atoms with E-state index in [0.29, 0.717) is 12.0 Å². The summed E-state index contributed by atoms with van der Waals surface area (Å²) in [4.78, 5) is 16.7. The molecule has 17 heavy (non-hydrogen) atoms. The zero-order chi connectivity index (χ0) is 12.3. The Balaban J connectivity index is 1.96. The van der Waals surface area contributed by atoms with E-state index in [-0.39, 0.29) is 6.04 Å². The van der Waals surface area contributed by atoms with Gasteiger partial charge in [-0.1, -0.05) is 6.42 Å². The Morgan fingerprint density at radius 2 is 2.06 bits per heavy atom. The third kappa shape index (κ3) is 3.19. The van der Waals surface area contributed by atoms with E-state index in [0.717, 1.165) is 39.2 Å². The highest BCUT2D eigenvalue weighted by atomic mass is 16.6. The van der Waals surface area contributed by atoms with Crippen molar-refractivity contribution in [3.8, 4) is 0 Å². The van der Waals surface area contributed by atoms with Gasteiger partial charge in [-0.05, 0) is 33.2 Å². The number of nitrogens with zero attached hydrogens (tertiary/aromatic N) is 2. The predicted octanol–water partition coefficient (Wildman–Crippen LogP) is 1.11. The fourth-order valence-corrected chi connectivity index (χ4v) is 2.67. The normalized spacial score (nSPS) is 29.1. The lowest BCUT2D eigenvalue weighted by Gasteiger charge is -2.37. The van der Waals surface area contributed by atoms with E-state index in [1.54, 1.807) is 0 Å². The molecule has 4 heteroatoms. The topological polar surface area (TPSA) is 36.1 Å². The van der Waals surface area contributed by atoms with Crippen molar-refractivity contribution in [3.63, 3.8) is 0 Å². The molecule has 2 saturated heterocycles. The molecule has 2 rings (SSSR count). The maximum Gasteiger partial charge on any atom is 0.239 e. The summed E-state index contributed by atoms with van der Waals surface area (Å²) in [6.45, 7) is 8.62. The van der Waals surface area contributed by atoms with Gasteiger partial charge in [0.2, 0.25) is 5.91 Å². The molecule has 0 radical (unpaired) electrons. The van der Waals surface area contributed by atoms with Crippen LogP contribution in [0.2, 0.25) is 0 Å². The average molecular weight is 240 g/mol. The zero-order valence-corrected chi connectivity index (χ0v) is 11.0. The number of rotatable bonds is 5. The molecule has 2 fully saturated rings. The first-order valence-corrected chi connectivity index (χ1v) is 6.90. The number of likely N-dealkylation sites (N-methyl/N-ethyl adjacent to an activating group) is 1. The molecule has 2 atom stereocenters. The number of ether oxygens (including phenoxy) is 1. The first-order valence-electron chi connectivity index (χ1n) is 6.90. The summed E-state index contributed by atoms with van der Waals surface area (Å²) in [7, 11) is 0. The Morgan fingerprint density at radius 1 is 1.35 bits per heavy atom. The van der Waals surface area contributed by atoms with Gasteiger partial charge in [-0.2, -0.15) is 0 Å². The van der Waals surface area contributed by atoms with E-state index in [2.05, 4.69) is 18.7 Å². The molecular formula is C13H24N2O2. The molecule has 0 aromatic carbocycles. The standard InChI is InChI=1S/C13H24N2O2/c1-3-14(4-2)13(16)12-7-5-6-8-15(12)9-11-10-17-11/h11-12H,3-10H2,1-2H3/t11-,12-/m1/s1. The van der Waals surface area contributed by atoms with Crippen LogP contribution in [-0.2, 0) is 9.53 Å². The van der Waals surface area contributed by atoms with Gasteiger partial charge < -0.3 is 9.64 Å². The molecule has 0 saturated carbocycles. The van der Waals surface area contributed by atoms with Gasteiger partial charge in [0, 0.05) is 19.6 Å². The van der Waals surface area contributed by atoms with Crippen LogP contribution >= 0.6 is 0 Å². The second-order valence-electron chi connectivity index (χ2n) is 4.97. The van der Waals surface area contributed by atoms with Crippen LogP contribution < -0.4 is 0 Å². The lowest BCUT2D eigenvalue weighted by molar-refractivity contribution is -0.138. The van der Waals surface area contributed by atoms with Gasteiger partial charge in [0.1, 0.15) is 0 Å². The van der Waals surface area contributed by atoms with Crippen molar-refractivity contribution in [2.45, 2.75) is 45.3 Å². The van der Waals surface area contributed by atoms with Gasteiger partial charge in [-0.15, -0.1) is 0 Å². The lowest BCUT2D eigenvalue weighted by Crippen LogP contribution is -2.51. The van der Waals surface area contributed by atoms with E-state index in [4.69, 9.17) is 4.74 Å². The van der Waals surface area contributed by atoms with Crippen molar-refractivity contribution in [1.29, 1.82) is 0 Å². The largest absolute Gasteiger partial charge is 0.372 e. The Hall–Kier alpha value is -0.610. The van der Waals surface area contributed by atoms with Crippen LogP contribution in [0.15, 0.2) is 0 Å². The Morgan fingerprint density at radius 3 is 2.65 bits per heavy atom. The minimum Gasteiger partial charge on any atom is -0.372 e. The van der Waals surface area contributed by atoms with Crippen molar-refractivity contribution in [1.82, 2.24) is 9.80 Å². The molecule has 98 valence electrons. The Labute approximate surface area is 104 Å². The SMILES string of the molecule is CCN(CC)C(=O)[C@H]1CCCCN1C[C@@H]1CO1. The second-order valence-corrected chi connectivity index (χ2v) is 4.97. The molecule has 0 unspecified atom stereocenters. The molecule has 0 aliphatic carbocycles. The zero-order valence-electron chi connectivity index (χ0n) is 11.0. The molecule has 0 aromatic rings. The number of hydrogen-bond donors (Lipinski definition) is 0. The third-order valence-electron chi connectivity index (χ3n) is 3.81. The van der Waals surface area contributed by atoms with Crippen LogP contribution in [-0.4, -0.2) is 60.6 Å². The van der Waals surface area contributed by atoms with Gasteiger partial charge in [0.15, 0.2) is 0 Å². The van der Waals surface area contributed by atoms with E-state index in [1.807, 2.05) is 4.90 Å². The highest BCUT2D eigenvalue weighted by Crippen LogP contribution is 2.22. The molecule has 0 aromatic heterocycles. The van der Waals surface area contributed by atoms with Crippen LogP contribution in [0.5, 0.6) is 0 Å². The summed E-state index contributed by atoms with van der Waals surface area (Å²) in [5, 5.41) is 0. The van der Waals surface area contributed by atoms with E-state index in [9.17, 15) is 4.79 Å². The molecule has 2 aliphatic rings. The second kappa shape index (κ2) is 5.83. The predicted molar refractivity (Wildman–Crippen MR) is 66.9 cm³/mol. The third-order valence-corrected chi connectivity index (χ3v) is 3.81. The summed E-state index contributed by atoms with van der Waals surface area (Å²) in [6.07, 6.45) is 3.80. The molecule has 2 aliphatic heterocycles. The fourth-order valence-electron chi connectivity index (χ4n) is 2.67. The molecular weight excluding hydrogens is 216 g/mol. The molecule has 4 nitrogen and oxygen atoms in total. The molecule has 2 heterocycles. The number of carbonyl (C=O) groups is 1. The summed E-state index contributed by atoms with van der Waals surface area (Å²) >= 11 is 0. The van der Waals surface area contributed by atoms with Gasteiger partial charge in [-0.3, -0.25) is 9.69 Å². The molecule has 0 spiro atoms. The molecule has 0 bridgehead atoms. The highest BCUT2D eigenvalue weighted by Gasteiger charge is 2.35. The molecule has 1 amide bonds. The van der Waals surface area contributed by atoms with Gasteiger partial charge in [0.25, 0.3) is 0 Å². The maximum atomic E-state index is 12.4. The number of carbonyl (C=O) groups excluding carboxylic acids is 1. The Kier molecular flexibility index (Phi) is 4.40. The van der Waals surface area contributed by atoms with Crippen molar-refractivity contribution >= 4 is 5.91 Å². The maximum absolute atomic E-state index is 12.4.